The Morgan fingerprint density at radius 2 is 2.36 bits per heavy atom. The first-order valence-electron chi connectivity index (χ1n) is 4.48. The van der Waals surface area contributed by atoms with E-state index >= 15 is 0 Å². The zero-order valence-electron chi connectivity index (χ0n) is 8.70. The molecule has 4 heteroatoms. The third-order valence-electron chi connectivity index (χ3n) is 2.19. The largest absolute Gasteiger partial charge is 0.383 e. The van der Waals surface area contributed by atoms with Gasteiger partial charge in [0.2, 0.25) is 0 Å². The van der Waals surface area contributed by atoms with Gasteiger partial charge in [-0.05, 0) is 19.1 Å². The molecule has 0 bridgehead atoms. The van der Waals surface area contributed by atoms with Crippen LogP contribution in [0.3, 0.4) is 0 Å². The highest BCUT2D eigenvalue weighted by atomic mass is 35.5. The van der Waals surface area contributed by atoms with Gasteiger partial charge in [0.25, 0.3) is 0 Å². The number of methoxy groups -OCH3 is 1. The summed E-state index contributed by atoms with van der Waals surface area (Å²) in [6.07, 6.45) is 1.70. The minimum absolute atomic E-state index is 0.318. The predicted molar refractivity (Wildman–Crippen MR) is 59.0 cm³/mol. The summed E-state index contributed by atoms with van der Waals surface area (Å²) in [5, 5.41) is 0.513. The molecule has 0 aromatic carbocycles. The first-order valence-corrected chi connectivity index (χ1v) is 4.86. The van der Waals surface area contributed by atoms with Crippen molar-refractivity contribution in [3.05, 3.63) is 23.5 Å². The van der Waals surface area contributed by atoms with Crippen molar-refractivity contribution in [3.63, 3.8) is 0 Å². The average molecular weight is 215 g/mol. The van der Waals surface area contributed by atoms with Gasteiger partial charge in [-0.2, -0.15) is 0 Å². The molecule has 0 aliphatic carbocycles. The second kappa shape index (κ2) is 5.17. The van der Waals surface area contributed by atoms with Gasteiger partial charge >= 0.3 is 0 Å². The summed E-state index contributed by atoms with van der Waals surface area (Å²) >= 11 is 5.80. The summed E-state index contributed by atoms with van der Waals surface area (Å²) in [5.41, 5.74) is 1.05. The molecule has 0 aliphatic heterocycles. The fraction of sp³-hybridized carbons (Fsp3) is 0.500. The lowest BCUT2D eigenvalue weighted by atomic mass is 10.3. The molecule has 14 heavy (non-hydrogen) atoms. The van der Waals surface area contributed by atoms with Gasteiger partial charge in [-0.3, -0.25) is 0 Å². The lowest BCUT2D eigenvalue weighted by molar-refractivity contribution is 0.183. The summed E-state index contributed by atoms with van der Waals surface area (Å²) in [5.74, 6) is 0. The van der Waals surface area contributed by atoms with Gasteiger partial charge in [0.15, 0.2) is 0 Å². The van der Waals surface area contributed by atoms with E-state index in [-0.39, 0.29) is 0 Å². The van der Waals surface area contributed by atoms with Crippen LogP contribution in [-0.4, -0.2) is 31.8 Å². The minimum Gasteiger partial charge on any atom is -0.383 e. The van der Waals surface area contributed by atoms with Crippen molar-refractivity contribution in [1.29, 1.82) is 0 Å². The Kier molecular flexibility index (Phi) is 4.17. The lowest BCUT2D eigenvalue weighted by Crippen LogP contribution is -2.32. The number of aromatic nitrogens is 1. The van der Waals surface area contributed by atoms with Crippen LogP contribution in [0.1, 0.15) is 6.92 Å². The van der Waals surface area contributed by atoms with Gasteiger partial charge in [0.05, 0.1) is 6.61 Å². The van der Waals surface area contributed by atoms with Crippen molar-refractivity contribution in [1.82, 2.24) is 4.98 Å². The van der Waals surface area contributed by atoms with Crippen molar-refractivity contribution in [3.8, 4) is 0 Å². The molecular weight excluding hydrogens is 200 g/mol. The number of hydrogen-bond acceptors (Lipinski definition) is 3. The fourth-order valence-electron chi connectivity index (χ4n) is 1.22. The molecule has 1 heterocycles. The van der Waals surface area contributed by atoms with Gasteiger partial charge in [-0.15, -0.1) is 0 Å². The molecule has 3 nitrogen and oxygen atoms in total. The Morgan fingerprint density at radius 1 is 1.64 bits per heavy atom. The van der Waals surface area contributed by atoms with Gasteiger partial charge in [-0.1, -0.05) is 11.6 Å². The minimum atomic E-state index is 0.318. The van der Waals surface area contributed by atoms with Crippen molar-refractivity contribution >= 4 is 17.3 Å². The summed E-state index contributed by atoms with van der Waals surface area (Å²) < 4.78 is 5.09. The van der Waals surface area contributed by atoms with Crippen molar-refractivity contribution in [2.75, 3.05) is 25.7 Å². The third kappa shape index (κ3) is 2.86. The molecule has 0 fully saturated rings. The SMILES string of the molecule is COCC(C)N(C)c1ccnc(Cl)c1. The van der Waals surface area contributed by atoms with Crippen LogP contribution in [0.15, 0.2) is 18.3 Å². The summed E-state index contributed by atoms with van der Waals surface area (Å²) in [4.78, 5) is 6.04. The molecule has 1 aromatic heterocycles. The Bertz CT molecular complexity index is 293. The van der Waals surface area contributed by atoms with E-state index in [2.05, 4.69) is 16.8 Å². The van der Waals surface area contributed by atoms with E-state index in [0.717, 1.165) is 5.69 Å². The first-order chi connectivity index (χ1) is 6.65. The normalized spacial score (nSPS) is 12.6. The van der Waals surface area contributed by atoms with E-state index in [0.29, 0.717) is 17.8 Å². The quantitative estimate of drug-likeness (QED) is 0.719. The molecule has 1 atom stereocenters. The molecule has 1 unspecified atom stereocenters. The zero-order valence-corrected chi connectivity index (χ0v) is 9.45. The van der Waals surface area contributed by atoms with Crippen molar-refractivity contribution in [2.45, 2.75) is 13.0 Å². The highest BCUT2D eigenvalue weighted by Gasteiger charge is 2.09. The smallest absolute Gasteiger partial charge is 0.131 e. The van der Waals surface area contributed by atoms with Crippen molar-refractivity contribution in [2.24, 2.45) is 0 Å². The van der Waals surface area contributed by atoms with Crippen LogP contribution in [0, 0.1) is 0 Å². The number of halogens is 1. The Labute approximate surface area is 89.7 Å². The van der Waals surface area contributed by atoms with E-state index in [1.165, 1.54) is 0 Å². The monoisotopic (exact) mass is 214 g/mol. The number of likely N-dealkylation sites (N-methyl/N-ethyl adjacent to an activating group) is 1. The van der Waals surface area contributed by atoms with E-state index in [1.807, 2.05) is 19.2 Å². The highest BCUT2D eigenvalue weighted by molar-refractivity contribution is 6.29. The van der Waals surface area contributed by atoms with E-state index < -0.39 is 0 Å². The standard InChI is InChI=1S/C10H15ClN2O/c1-8(7-14-3)13(2)9-4-5-12-10(11)6-9/h4-6,8H,7H2,1-3H3. The van der Waals surface area contributed by atoms with Crippen LogP contribution in [0.4, 0.5) is 5.69 Å². The van der Waals surface area contributed by atoms with Crippen LogP contribution in [0.5, 0.6) is 0 Å². The van der Waals surface area contributed by atoms with Crippen LogP contribution in [0.2, 0.25) is 5.15 Å². The van der Waals surface area contributed by atoms with Crippen LogP contribution >= 0.6 is 11.6 Å². The van der Waals surface area contributed by atoms with Crippen LogP contribution < -0.4 is 4.90 Å². The first kappa shape index (κ1) is 11.3. The molecule has 1 rings (SSSR count). The van der Waals surface area contributed by atoms with Crippen LogP contribution in [0.25, 0.3) is 0 Å². The number of anilines is 1. The molecule has 0 saturated carbocycles. The number of rotatable bonds is 4. The molecule has 0 aliphatic rings. The highest BCUT2D eigenvalue weighted by Crippen LogP contribution is 2.17. The number of pyridine rings is 1. The summed E-state index contributed by atoms with van der Waals surface area (Å²) in [6.45, 7) is 2.79. The maximum atomic E-state index is 5.80. The molecule has 0 radical (unpaired) electrons. The molecule has 0 amide bonds. The lowest BCUT2D eigenvalue weighted by Gasteiger charge is -2.26. The number of ether oxygens (including phenoxy) is 1. The summed E-state index contributed by atoms with van der Waals surface area (Å²) in [6, 6.07) is 4.09. The molecule has 0 N–H and O–H groups in total. The molecular formula is C10H15ClN2O. The Balaban J connectivity index is 2.73. The summed E-state index contributed by atoms with van der Waals surface area (Å²) in [7, 11) is 3.71. The molecule has 0 spiro atoms. The van der Waals surface area contributed by atoms with Gasteiger partial charge < -0.3 is 9.64 Å². The topological polar surface area (TPSA) is 25.4 Å². The van der Waals surface area contributed by atoms with Crippen LogP contribution in [-0.2, 0) is 4.74 Å². The molecule has 78 valence electrons. The Hall–Kier alpha value is -0.800. The Morgan fingerprint density at radius 3 is 2.93 bits per heavy atom. The predicted octanol–water partition coefficient (Wildman–Crippen LogP) is 2.21. The van der Waals surface area contributed by atoms with Gasteiger partial charge in [0.1, 0.15) is 5.15 Å². The molecule has 0 saturated heterocycles. The van der Waals surface area contributed by atoms with E-state index in [1.54, 1.807) is 13.3 Å². The van der Waals surface area contributed by atoms with Gasteiger partial charge in [-0.25, -0.2) is 4.98 Å². The second-order valence-electron chi connectivity index (χ2n) is 3.25. The third-order valence-corrected chi connectivity index (χ3v) is 2.39. The number of hydrogen-bond donors (Lipinski definition) is 0. The van der Waals surface area contributed by atoms with Crippen molar-refractivity contribution < 1.29 is 4.74 Å². The average Bonchev–Trinajstić information content (AvgIpc) is 2.17. The molecule has 1 aromatic rings. The van der Waals surface area contributed by atoms with E-state index in [9.17, 15) is 0 Å². The second-order valence-corrected chi connectivity index (χ2v) is 3.64. The van der Waals surface area contributed by atoms with E-state index in [4.69, 9.17) is 16.3 Å². The van der Waals surface area contributed by atoms with Gasteiger partial charge in [0, 0.05) is 32.1 Å². The zero-order chi connectivity index (χ0) is 10.6. The maximum absolute atomic E-state index is 5.80. The number of nitrogens with zero attached hydrogens (tertiary/aromatic N) is 2. The fourth-order valence-corrected chi connectivity index (χ4v) is 1.39. The maximum Gasteiger partial charge on any atom is 0.131 e.